The number of hydrogen-bond acceptors (Lipinski definition) is 3. The number of urea groups is 1. The zero-order valence-electron chi connectivity index (χ0n) is 12.0. The van der Waals surface area contributed by atoms with Gasteiger partial charge in [-0.25, -0.2) is 4.79 Å². The van der Waals surface area contributed by atoms with Crippen molar-refractivity contribution >= 4 is 12.0 Å². The molecule has 0 aromatic heterocycles. The zero-order chi connectivity index (χ0) is 14.5. The largest absolute Gasteiger partial charge is 0.481 e. The van der Waals surface area contributed by atoms with E-state index in [-0.39, 0.29) is 24.1 Å². The lowest BCUT2D eigenvalue weighted by molar-refractivity contribution is -0.142. The molecule has 1 unspecified atom stereocenters. The SMILES string of the molecule is CC1CN(C(=O)NC2CCC(C(=O)O)CC2)CCCO1. The van der Waals surface area contributed by atoms with Crippen LogP contribution in [0, 0.1) is 5.92 Å². The number of nitrogens with one attached hydrogen (secondary N) is 1. The summed E-state index contributed by atoms with van der Waals surface area (Å²) >= 11 is 0. The number of carboxylic acids is 1. The molecule has 1 aliphatic carbocycles. The summed E-state index contributed by atoms with van der Waals surface area (Å²) in [6.07, 6.45) is 3.75. The molecule has 2 rings (SSSR count). The number of aliphatic carboxylic acids is 1. The molecule has 114 valence electrons. The number of carboxylic acid groups (broad SMARTS) is 1. The van der Waals surface area contributed by atoms with Crippen molar-refractivity contribution in [2.24, 2.45) is 5.92 Å². The molecule has 2 N–H and O–H groups in total. The fraction of sp³-hybridized carbons (Fsp3) is 0.857. The van der Waals surface area contributed by atoms with Crippen LogP contribution in [0.25, 0.3) is 0 Å². The summed E-state index contributed by atoms with van der Waals surface area (Å²) in [7, 11) is 0. The van der Waals surface area contributed by atoms with Gasteiger partial charge in [-0.05, 0) is 39.0 Å². The van der Waals surface area contributed by atoms with Crippen LogP contribution < -0.4 is 5.32 Å². The molecule has 1 saturated carbocycles. The minimum atomic E-state index is -0.715. The maximum atomic E-state index is 12.2. The molecule has 2 amide bonds. The van der Waals surface area contributed by atoms with Crippen molar-refractivity contribution < 1.29 is 19.4 Å². The van der Waals surface area contributed by atoms with E-state index in [1.54, 1.807) is 4.90 Å². The van der Waals surface area contributed by atoms with Crippen LogP contribution in [-0.2, 0) is 9.53 Å². The predicted molar refractivity (Wildman–Crippen MR) is 73.5 cm³/mol. The van der Waals surface area contributed by atoms with Gasteiger partial charge in [-0.15, -0.1) is 0 Å². The van der Waals surface area contributed by atoms with Crippen molar-refractivity contribution in [2.75, 3.05) is 19.7 Å². The van der Waals surface area contributed by atoms with Crippen LogP contribution in [0.3, 0.4) is 0 Å². The van der Waals surface area contributed by atoms with Crippen LogP contribution >= 0.6 is 0 Å². The molecule has 0 radical (unpaired) electrons. The highest BCUT2D eigenvalue weighted by atomic mass is 16.5. The van der Waals surface area contributed by atoms with Gasteiger partial charge >= 0.3 is 12.0 Å². The number of nitrogens with zero attached hydrogens (tertiary/aromatic N) is 1. The smallest absolute Gasteiger partial charge is 0.317 e. The second kappa shape index (κ2) is 6.92. The van der Waals surface area contributed by atoms with Gasteiger partial charge in [0.05, 0.1) is 12.0 Å². The number of rotatable bonds is 2. The first kappa shape index (κ1) is 15.1. The summed E-state index contributed by atoms with van der Waals surface area (Å²) in [5.74, 6) is -0.956. The molecular formula is C14H24N2O4. The molecule has 1 saturated heterocycles. The Hall–Kier alpha value is -1.30. The molecule has 1 heterocycles. The standard InChI is InChI=1S/C14H24N2O4/c1-10-9-16(7-2-8-20-10)14(19)15-12-5-3-11(4-6-12)13(17)18/h10-12H,2-9H2,1H3,(H,15,19)(H,17,18). The summed E-state index contributed by atoms with van der Waals surface area (Å²) in [5, 5.41) is 12.0. The molecule has 0 aromatic carbocycles. The normalized spacial score (nSPS) is 31.4. The Morgan fingerprint density at radius 1 is 1.25 bits per heavy atom. The molecule has 0 aromatic rings. The Balaban J connectivity index is 1.78. The van der Waals surface area contributed by atoms with Crippen molar-refractivity contribution in [3.8, 4) is 0 Å². The highest BCUT2D eigenvalue weighted by Gasteiger charge is 2.28. The molecule has 20 heavy (non-hydrogen) atoms. The minimum Gasteiger partial charge on any atom is -0.481 e. The molecule has 6 nitrogen and oxygen atoms in total. The first-order valence-corrected chi connectivity index (χ1v) is 7.46. The third kappa shape index (κ3) is 4.10. The molecular weight excluding hydrogens is 260 g/mol. The monoisotopic (exact) mass is 284 g/mol. The van der Waals surface area contributed by atoms with Gasteiger partial charge in [-0.2, -0.15) is 0 Å². The van der Waals surface area contributed by atoms with E-state index < -0.39 is 5.97 Å². The average Bonchev–Trinajstić information content (AvgIpc) is 2.64. The Morgan fingerprint density at radius 2 is 1.95 bits per heavy atom. The van der Waals surface area contributed by atoms with Gasteiger partial charge in [-0.3, -0.25) is 4.79 Å². The van der Waals surface area contributed by atoms with Crippen molar-refractivity contribution in [1.82, 2.24) is 10.2 Å². The predicted octanol–water partition coefficient (Wildman–Crippen LogP) is 1.45. The molecule has 2 aliphatic rings. The van der Waals surface area contributed by atoms with Crippen LogP contribution in [-0.4, -0.2) is 53.8 Å². The lowest BCUT2D eigenvalue weighted by Gasteiger charge is -2.30. The Labute approximate surface area is 119 Å². The van der Waals surface area contributed by atoms with Crippen molar-refractivity contribution in [3.63, 3.8) is 0 Å². The average molecular weight is 284 g/mol. The van der Waals surface area contributed by atoms with E-state index in [2.05, 4.69) is 5.32 Å². The first-order chi connectivity index (χ1) is 9.56. The summed E-state index contributed by atoms with van der Waals surface area (Å²) in [5.41, 5.74) is 0. The molecule has 1 aliphatic heterocycles. The van der Waals surface area contributed by atoms with Gasteiger partial charge in [0.15, 0.2) is 0 Å². The number of hydrogen-bond donors (Lipinski definition) is 2. The van der Waals surface area contributed by atoms with Crippen molar-refractivity contribution in [1.29, 1.82) is 0 Å². The van der Waals surface area contributed by atoms with E-state index in [0.29, 0.717) is 26.0 Å². The number of carbonyl (C=O) groups is 2. The molecule has 2 fully saturated rings. The summed E-state index contributed by atoms with van der Waals surface area (Å²) < 4.78 is 5.53. The van der Waals surface area contributed by atoms with Gasteiger partial charge in [-0.1, -0.05) is 0 Å². The molecule has 1 atom stereocenters. The zero-order valence-corrected chi connectivity index (χ0v) is 12.0. The third-order valence-electron chi connectivity index (χ3n) is 4.14. The third-order valence-corrected chi connectivity index (χ3v) is 4.14. The lowest BCUT2D eigenvalue weighted by atomic mass is 9.86. The quantitative estimate of drug-likeness (QED) is 0.804. The maximum Gasteiger partial charge on any atom is 0.317 e. The summed E-state index contributed by atoms with van der Waals surface area (Å²) in [4.78, 5) is 24.9. The van der Waals surface area contributed by atoms with Crippen LogP contribution in [0.1, 0.15) is 39.0 Å². The molecule has 0 spiro atoms. The number of ether oxygens (including phenoxy) is 1. The highest BCUT2D eigenvalue weighted by Crippen LogP contribution is 2.24. The second-order valence-corrected chi connectivity index (χ2v) is 5.82. The van der Waals surface area contributed by atoms with Crippen LogP contribution in [0.4, 0.5) is 4.79 Å². The van der Waals surface area contributed by atoms with Crippen LogP contribution in [0.5, 0.6) is 0 Å². The van der Waals surface area contributed by atoms with Gasteiger partial charge < -0.3 is 20.1 Å². The number of carbonyl (C=O) groups excluding carboxylic acids is 1. The maximum absolute atomic E-state index is 12.2. The van der Waals surface area contributed by atoms with Crippen LogP contribution in [0.15, 0.2) is 0 Å². The summed E-state index contributed by atoms with van der Waals surface area (Å²) in [6.45, 7) is 4.02. The van der Waals surface area contributed by atoms with Crippen molar-refractivity contribution in [3.05, 3.63) is 0 Å². The van der Waals surface area contributed by atoms with E-state index in [0.717, 1.165) is 25.8 Å². The first-order valence-electron chi connectivity index (χ1n) is 7.46. The Bertz CT molecular complexity index is 353. The van der Waals surface area contributed by atoms with E-state index in [1.807, 2.05) is 6.92 Å². The molecule has 6 heteroatoms. The lowest BCUT2D eigenvalue weighted by Crippen LogP contribution is -2.48. The Kier molecular flexibility index (Phi) is 5.23. The van der Waals surface area contributed by atoms with Gasteiger partial charge in [0.25, 0.3) is 0 Å². The fourth-order valence-corrected chi connectivity index (χ4v) is 2.93. The van der Waals surface area contributed by atoms with Gasteiger partial charge in [0.1, 0.15) is 0 Å². The second-order valence-electron chi connectivity index (χ2n) is 5.82. The van der Waals surface area contributed by atoms with E-state index >= 15 is 0 Å². The van der Waals surface area contributed by atoms with Crippen LogP contribution in [0.2, 0.25) is 0 Å². The van der Waals surface area contributed by atoms with E-state index in [1.165, 1.54) is 0 Å². The van der Waals surface area contributed by atoms with E-state index in [9.17, 15) is 9.59 Å². The van der Waals surface area contributed by atoms with Crippen molar-refractivity contribution in [2.45, 2.75) is 51.2 Å². The highest BCUT2D eigenvalue weighted by molar-refractivity contribution is 5.74. The summed E-state index contributed by atoms with van der Waals surface area (Å²) in [6, 6.07) is 0.0682. The minimum absolute atomic E-state index is 0.0406. The topological polar surface area (TPSA) is 78.9 Å². The van der Waals surface area contributed by atoms with Gasteiger partial charge in [0, 0.05) is 25.7 Å². The number of amides is 2. The fourth-order valence-electron chi connectivity index (χ4n) is 2.93. The van der Waals surface area contributed by atoms with Gasteiger partial charge in [0.2, 0.25) is 0 Å². The molecule has 0 bridgehead atoms. The Morgan fingerprint density at radius 3 is 2.60 bits per heavy atom. The van der Waals surface area contributed by atoms with E-state index in [4.69, 9.17) is 9.84 Å².